The first-order valence-corrected chi connectivity index (χ1v) is 12.8. The minimum Gasteiger partial charge on any atom is -0.497 e. The standard InChI is InChI=1S/C26H35N3O3S/c1-18(2)15-24(30)29-13-12-27(16-19(29)3)25(31)17-28-11-9-23-22(10-14-33-23)26(28)20-5-7-21(32-4)8-6-20/h5-8,10,14,18-19,26H,9,11-13,15-17H2,1-4H3. The fourth-order valence-corrected chi connectivity index (χ4v) is 5.91. The molecule has 1 fully saturated rings. The zero-order valence-electron chi connectivity index (χ0n) is 20.1. The van der Waals surface area contributed by atoms with E-state index < -0.39 is 0 Å². The van der Waals surface area contributed by atoms with Crippen LogP contribution in [0.25, 0.3) is 0 Å². The number of rotatable bonds is 6. The van der Waals surface area contributed by atoms with Crippen LogP contribution in [0.5, 0.6) is 5.75 Å². The highest BCUT2D eigenvalue weighted by molar-refractivity contribution is 7.10. The number of hydrogen-bond acceptors (Lipinski definition) is 5. The predicted octanol–water partition coefficient (Wildman–Crippen LogP) is 3.81. The molecule has 2 aliphatic heterocycles. The molecule has 0 radical (unpaired) electrons. The third-order valence-corrected chi connectivity index (χ3v) is 7.72. The molecule has 0 aliphatic carbocycles. The molecule has 0 N–H and O–H groups in total. The van der Waals surface area contributed by atoms with E-state index in [4.69, 9.17) is 4.74 Å². The molecule has 1 saturated heterocycles. The number of amides is 2. The van der Waals surface area contributed by atoms with Gasteiger partial charge in [-0.25, -0.2) is 0 Å². The van der Waals surface area contributed by atoms with Crippen LogP contribution in [0.1, 0.15) is 49.2 Å². The summed E-state index contributed by atoms with van der Waals surface area (Å²) in [4.78, 5) is 33.5. The molecular formula is C26H35N3O3S. The van der Waals surface area contributed by atoms with Crippen molar-refractivity contribution in [1.29, 1.82) is 0 Å². The Morgan fingerprint density at radius 3 is 2.52 bits per heavy atom. The lowest BCUT2D eigenvalue weighted by molar-refractivity contribution is -0.143. The molecule has 4 rings (SSSR count). The van der Waals surface area contributed by atoms with E-state index in [1.807, 2.05) is 21.9 Å². The first-order chi connectivity index (χ1) is 15.9. The van der Waals surface area contributed by atoms with E-state index in [0.29, 0.717) is 38.5 Å². The van der Waals surface area contributed by atoms with E-state index in [1.54, 1.807) is 18.4 Å². The minimum absolute atomic E-state index is 0.0520. The minimum atomic E-state index is 0.0520. The molecule has 33 heavy (non-hydrogen) atoms. The Kier molecular flexibility index (Phi) is 7.39. The second-order valence-corrected chi connectivity index (χ2v) is 10.6. The van der Waals surface area contributed by atoms with Gasteiger partial charge < -0.3 is 14.5 Å². The monoisotopic (exact) mass is 469 g/mol. The third-order valence-electron chi connectivity index (χ3n) is 6.72. The number of carbonyl (C=O) groups is 2. The highest BCUT2D eigenvalue weighted by atomic mass is 32.1. The average Bonchev–Trinajstić information content (AvgIpc) is 3.27. The van der Waals surface area contributed by atoms with Crippen LogP contribution in [-0.4, -0.2) is 72.4 Å². The normalized spacial score (nSPS) is 21.2. The summed E-state index contributed by atoms with van der Waals surface area (Å²) in [7, 11) is 1.68. The molecule has 178 valence electrons. The van der Waals surface area contributed by atoms with Crippen LogP contribution in [0, 0.1) is 5.92 Å². The van der Waals surface area contributed by atoms with Gasteiger partial charge in [-0.05, 0) is 54.0 Å². The number of nitrogens with zero attached hydrogens (tertiary/aromatic N) is 3. The van der Waals surface area contributed by atoms with Crippen LogP contribution in [0.4, 0.5) is 0 Å². The third kappa shape index (κ3) is 5.25. The van der Waals surface area contributed by atoms with Gasteiger partial charge in [0.1, 0.15) is 5.75 Å². The van der Waals surface area contributed by atoms with E-state index >= 15 is 0 Å². The summed E-state index contributed by atoms with van der Waals surface area (Å²) in [5.41, 5.74) is 2.49. The zero-order chi connectivity index (χ0) is 23.5. The summed E-state index contributed by atoms with van der Waals surface area (Å²) in [5, 5.41) is 2.15. The maximum Gasteiger partial charge on any atom is 0.236 e. The summed E-state index contributed by atoms with van der Waals surface area (Å²) in [6.45, 7) is 9.27. The van der Waals surface area contributed by atoms with Gasteiger partial charge in [0, 0.05) is 43.5 Å². The van der Waals surface area contributed by atoms with E-state index in [9.17, 15) is 9.59 Å². The highest BCUT2D eigenvalue weighted by Crippen LogP contribution is 2.38. The van der Waals surface area contributed by atoms with Crippen molar-refractivity contribution in [1.82, 2.24) is 14.7 Å². The molecule has 7 heteroatoms. The average molecular weight is 470 g/mol. The van der Waals surface area contributed by atoms with Crippen molar-refractivity contribution in [2.45, 2.75) is 45.7 Å². The Labute approximate surface area is 201 Å². The van der Waals surface area contributed by atoms with E-state index in [1.165, 1.54) is 16.0 Å². The van der Waals surface area contributed by atoms with Gasteiger partial charge in [0.2, 0.25) is 11.8 Å². The van der Waals surface area contributed by atoms with Gasteiger partial charge >= 0.3 is 0 Å². The van der Waals surface area contributed by atoms with Crippen LogP contribution < -0.4 is 4.74 Å². The Balaban J connectivity index is 1.46. The number of benzene rings is 1. The number of fused-ring (bicyclic) bond motifs is 1. The van der Waals surface area contributed by atoms with Crippen LogP contribution >= 0.6 is 11.3 Å². The lowest BCUT2D eigenvalue weighted by Gasteiger charge is -2.42. The summed E-state index contributed by atoms with van der Waals surface area (Å²) in [6.07, 6.45) is 1.54. The predicted molar refractivity (Wildman–Crippen MR) is 132 cm³/mol. The molecule has 2 amide bonds. The van der Waals surface area contributed by atoms with Gasteiger partial charge in [-0.1, -0.05) is 26.0 Å². The van der Waals surface area contributed by atoms with Crippen LogP contribution in [0.2, 0.25) is 0 Å². The fraction of sp³-hybridized carbons (Fsp3) is 0.538. The lowest BCUT2D eigenvalue weighted by Crippen LogP contribution is -2.57. The first-order valence-electron chi connectivity index (χ1n) is 11.9. The molecule has 3 heterocycles. The van der Waals surface area contributed by atoms with Crippen molar-refractivity contribution >= 4 is 23.2 Å². The van der Waals surface area contributed by atoms with Gasteiger partial charge in [-0.2, -0.15) is 0 Å². The molecule has 2 aliphatic rings. The van der Waals surface area contributed by atoms with E-state index in [0.717, 1.165) is 18.7 Å². The largest absolute Gasteiger partial charge is 0.497 e. The molecule has 0 spiro atoms. The van der Waals surface area contributed by atoms with Crippen molar-refractivity contribution in [3.05, 3.63) is 51.7 Å². The second kappa shape index (κ2) is 10.3. The Hall–Kier alpha value is -2.38. The van der Waals surface area contributed by atoms with Gasteiger partial charge in [0.15, 0.2) is 0 Å². The lowest BCUT2D eigenvalue weighted by atomic mass is 9.93. The first kappa shape index (κ1) is 23.8. The molecule has 1 aromatic heterocycles. The molecular weight excluding hydrogens is 434 g/mol. The van der Waals surface area contributed by atoms with Crippen molar-refractivity contribution in [2.75, 3.05) is 39.8 Å². The molecule has 6 nitrogen and oxygen atoms in total. The second-order valence-electron chi connectivity index (χ2n) is 9.57. The van der Waals surface area contributed by atoms with Crippen molar-refractivity contribution in [3.8, 4) is 5.75 Å². The maximum absolute atomic E-state index is 13.4. The Bertz CT molecular complexity index is 971. The molecule has 0 saturated carbocycles. The number of methoxy groups -OCH3 is 1. The topological polar surface area (TPSA) is 53.1 Å². The van der Waals surface area contributed by atoms with Gasteiger partial charge in [0.05, 0.1) is 19.7 Å². The van der Waals surface area contributed by atoms with Crippen LogP contribution in [0.15, 0.2) is 35.7 Å². The number of carbonyl (C=O) groups excluding carboxylic acids is 2. The molecule has 0 bridgehead atoms. The zero-order valence-corrected chi connectivity index (χ0v) is 20.9. The number of ether oxygens (including phenoxy) is 1. The van der Waals surface area contributed by atoms with Gasteiger partial charge in [-0.15, -0.1) is 11.3 Å². The Morgan fingerprint density at radius 2 is 1.85 bits per heavy atom. The quantitative estimate of drug-likeness (QED) is 0.646. The number of piperazine rings is 1. The van der Waals surface area contributed by atoms with Gasteiger partial charge in [0.25, 0.3) is 0 Å². The summed E-state index contributed by atoms with van der Waals surface area (Å²) < 4.78 is 5.34. The van der Waals surface area contributed by atoms with E-state index in [-0.39, 0.29) is 23.9 Å². The molecule has 1 aromatic carbocycles. The summed E-state index contributed by atoms with van der Waals surface area (Å²) >= 11 is 1.80. The van der Waals surface area contributed by atoms with Crippen molar-refractivity contribution in [2.24, 2.45) is 5.92 Å². The van der Waals surface area contributed by atoms with E-state index in [2.05, 4.69) is 49.3 Å². The SMILES string of the molecule is COc1ccc(C2c3ccsc3CCN2CC(=O)N2CCN(C(=O)CC(C)C)C(C)C2)cc1. The highest BCUT2D eigenvalue weighted by Gasteiger charge is 2.34. The van der Waals surface area contributed by atoms with Crippen LogP contribution in [-0.2, 0) is 16.0 Å². The molecule has 2 atom stereocenters. The molecule has 2 unspecified atom stereocenters. The smallest absolute Gasteiger partial charge is 0.236 e. The fourth-order valence-electron chi connectivity index (χ4n) is 5.01. The van der Waals surface area contributed by atoms with Crippen LogP contribution in [0.3, 0.4) is 0 Å². The maximum atomic E-state index is 13.4. The van der Waals surface area contributed by atoms with Gasteiger partial charge in [-0.3, -0.25) is 14.5 Å². The summed E-state index contributed by atoms with van der Waals surface area (Å²) in [5.74, 6) is 1.53. The van der Waals surface area contributed by atoms with Crippen molar-refractivity contribution < 1.29 is 14.3 Å². The number of hydrogen-bond donors (Lipinski definition) is 0. The summed E-state index contributed by atoms with van der Waals surface area (Å²) in [6, 6.07) is 10.5. The molecule has 2 aromatic rings. The van der Waals surface area contributed by atoms with Crippen molar-refractivity contribution in [3.63, 3.8) is 0 Å². The number of thiophene rings is 1. The Morgan fingerprint density at radius 1 is 1.09 bits per heavy atom.